The van der Waals surface area contributed by atoms with Gasteiger partial charge in [-0.2, -0.15) is 0 Å². The van der Waals surface area contributed by atoms with Crippen LogP contribution in [0.3, 0.4) is 0 Å². The molecule has 1 atom stereocenters. The fraction of sp³-hybridized carbons (Fsp3) is 0.357. The fourth-order valence-corrected chi connectivity index (χ4v) is 5.35. The number of aliphatic hydroxyl groups excluding tert-OH is 1. The van der Waals surface area contributed by atoms with Crippen LogP contribution in [0.15, 0.2) is 48.8 Å². The van der Waals surface area contributed by atoms with Gasteiger partial charge in [0.25, 0.3) is 0 Å². The number of amides is 1. The van der Waals surface area contributed by atoms with E-state index in [1.165, 1.54) is 29.5 Å². The number of β-amino-alcohol motifs (C(OH)–C–C–N with tert-alkyl or cyclic N) is 1. The summed E-state index contributed by atoms with van der Waals surface area (Å²) in [5.74, 6) is 0.879. The summed E-state index contributed by atoms with van der Waals surface area (Å²) < 4.78 is 24.9. The first-order chi connectivity index (χ1) is 19.4. The summed E-state index contributed by atoms with van der Waals surface area (Å²) in [6.07, 6.45) is 5.90. The third kappa shape index (κ3) is 7.40. The van der Waals surface area contributed by atoms with Gasteiger partial charge < -0.3 is 30.1 Å². The van der Waals surface area contributed by atoms with Gasteiger partial charge in [-0.1, -0.05) is 6.07 Å². The molecule has 3 heterocycles. The van der Waals surface area contributed by atoms with Gasteiger partial charge in [-0.3, -0.25) is 4.79 Å². The van der Waals surface area contributed by atoms with E-state index in [1.807, 2.05) is 12.1 Å². The molecule has 0 spiro atoms. The van der Waals surface area contributed by atoms with Crippen molar-refractivity contribution in [2.45, 2.75) is 31.8 Å². The Labute approximate surface area is 235 Å². The molecule has 1 fully saturated rings. The largest absolute Gasteiger partial charge is 0.493 e. The maximum atomic E-state index is 13.4. The van der Waals surface area contributed by atoms with E-state index in [4.69, 9.17) is 9.47 Å². The summed E-state index contributed by atoms with van der Waals surface area (Å²) in [5, 5.41) is 17.0. The lowest BCUT2D eigenvalue weighted by Gasteiger charge is -2.29. The van der Waals surface area contributed by atoms with Crippen molar-refractivity contribution < 1.29 is 23.8 Å². The number of hydrogen-bond acceptors (Lipinski definition) is 10. The molecular weight excluding hydrogens is 535 g/mol. The fourth-order valence-electron chi connectivity index (χ4n) is 4.55. The Morgan fingerprint density at radius 3 is 2.95 bits per heavy atom. The number of halogens is 1. The molecule has 5 rings (SSSR count). The van der Waals surface area contributed by atoms with E-state index in [0.717, 1.165) is 42.6 Å². The minimum atomic E-state index is -0.413. The van der Waals surface area contributed by atoms with Crippen molar-refractivity contribution in [1.82, 2.24) is 19.9 Å². The van der Waals surface area contributed by atoms with Crippen LogP contribution in [0.1, 0.15) is 24.1 Å². The number of methoxy groups -OCH3 is 1. The molecule has 0 saturated carbocycles. The van der Waals surface area contributed by atoms with Gasteiger partial charge in [0.1, 0.15) is 5.82 Å². The van der Waals surface area contributed by atoms with Crippen LogP contribution in [0.2, 0.25) is 0 Å². The quantitative estimate of drug-likeness (QED) is 0.227. The maximum Gasteiger partial charge on any atom is 0.229 e. The number of aliphatic hydroxyl groups is 1. The summed E-state index contributed by atoms with van der Waals surface area (Å²) in [5.41, 5.74) is 1.08. The predicted octanol–water partition coefficient (Wildman–Crippen LogP) is 4.38. The zero-order valence-corrected chi connectivity index (χ0v) is 22.9. The molecule has 1 saturated heterocycles. The Morgan fingerprint density at radius 1 is 1.23 bits per heavy atom. The topological polar surface area (TPSA) is 122 Å². The van der Waals surface area contributed by atoms with Crippen molar-refractivity contribution in [3.63, 3.8) is 0 Å². The molecule has 3 N–H and O–H groups in total. The zero-order chi connectivity index (χ0) is 27.9. The molecule has 10 nitrogen and oxygen atoms in total. The summed E-state index contributed by atoms with van der Waals surface area (Å²) in [7, 11) is 1.60. The lowest BCUT2D eigenvalue weighted by molar-refractivity contribution is -0.115. The van der Waals surface area contributed by atoms with Gasteiger partial charge >= 0.3 is 0 Å². The second-order valence-corrected chi connectivity index (χ2v) is 10.7. The highest BCUT2D eigenvalue weighted by Gasteiger charge is 2.17. The Morgan fingerprint density at radius 2 is 2.12 bits per heavy atom. The average Bonchev–Trinajstić information content (AvgIpc) is 3.36. The van der Waals surface area contributed by atoms with E-state index in [1.54, 1.807) is 25.6 Å². The van der Waals surface area contributed by atoms with Gasteiger partial charge in [-0.15, -0.1) is 11.3 Å². The van der Waals surface area contributed by atoms with Crippen LogP contribution in [0, 0.1) is 5.82 Å². The lowest BCUT2D eigenvalue weighted by Crippen LogP contribution is -2.39. The van der Waals surface area contributed by atoms with Crippen LogP contribution in [-0.4, -0.2) is 70.3 Å². The van der Waals surface area contributed by atoms with Gasteiger partial charge in [0.2, 0.25) is 11.9 Å². The van der Waals surface area contributed by atoms with E-state index in [0.29, 0.717) is 46.9 Å². The molecule has 1 amide bonds. The molecule has 40 heavy (non-hydrogen) atoms. The standard InChI is InChI=1S/C28H31FN6O4S/c1-38-24-11-18-15-30-27(33-23(18)14-25(24)39-10-4-9-35-8-3-7-21(36)17-35)34-28-31-16-22(40-28)13-26(37)32-20-6-2-5-19(29)12-20/h2,5-6,11-12,14-16,21,36H,3-4,7-10,13,17H2,1H3,(H,32,37)(H,30,31,33,34). The highest BCUT2D eigenvalue weighted by molar-refractivity contribution is 7.15. The summed E-state index contributed by atoms with van der Waals surface area (Å²) in [6, 6.07) is 9.43. The summed E-state index contributed by atoms with van der Waals surface area (Å²) >= 11 is 1.31. The molecule has 1 aliphatic rings. The second kappa shape index (κ2) is 13.0. The smallest absolute Gasteiger partial charge is 0.229 e. The number of ether oxygens (including phenoxy) is 2. The number of thiazole rings is 1. The number of piperidine rings is 1. The second-order valence-electron chi connectivity index (χ2n) is 9.55. The number of fused-ring (bicyclic) bond motifs is 1. The molecular formula is C28H31FN6O4S. The van der Waals surface area contributed by atoms with E-state index in [2.05, 4.69) is 30.5 Å². The number of rotatable bonds is 11. The number of likely N-dealkylation sites (tertiary alicyclic amines) is 1. The summed E-state index contributed by atoms with van der Waals surface area (Å²) in [6.45, 7) is 3.10. The normalized spacial score (nSPS) is 15.6. The number of nitrogens with one attached hydrogen (secondary N) is 2. The van der Waals surface area contributed by atoms with Crippen molar-refractivity contribution >= 4 is 44.9 Å². The number of hydrogen-bond donors (Lipinski definition) is 3. The Hall–Kier alpha value is -3.87. The Bertz CT molecular complexity index is 1470. The SMILES string of the molecule is COc1cc2cnc(Nc3ncc(CC(=O)Nc4cccc(F)c4)s3)nc2cc1OCCCN1CCCC(O)C1. The van der Waals surface area contributed by atoms with Crippen molar-refractivity contribution in [3.8, 4) is 11.5 Å². The van der Waals surface area contributed by atoms with Crippen molar-refractivity contribution in [2.75, 3.05) is 44.0 Å². The first-order valence-corrected chi connectivity index (χ1v) is 13.9. The molecule has 0 aliphatic carbocycles. The van der Waals surface area contributed by atoms with E-state index < -0.39 is 5.82 Å². The monoisotopic (exact) mass is 566 g/mol. The number of aromatic nitrogens is 3. The molecule has 4 aromatic rings. The van der Waals surface area contributed by atoms with Crippen LogP contribution in [-0.2, 0) is 11.2 Å². The first-order valence-electron chi connectivity index (χ1n) is 13.1. The maximum absolute atomic E-state index is 13.4. The predicted molar refractivity (Wildman–Crippen MR) is 152 cm³/mol. The number of anilines is 3. The number of nitrogens with zero attached hydrogens (tertiary/aromatic N) is 4. The van der Waals surface area contributed by atoms with Crippen LogP contribution in [0.4, 0.5) is 21.2 Å². The number of carbonyl (C=O) groups excluding carboxylic acids is 1. The molecule has 0 bridgehead atoms. The van der Waals surface area contributed by atoms with Crippen molar-refractivity contribution in [3.05, 3.63) is 59.5 Å². The van der Waals surface area contributed by atoms with Gasteiger partial charge in [0.05, 0.1) is 31.8 Å². The molecule has 2 aromatic heterocycles. The minimum Gasteiger partial charge on any atom is -0.493 e. The van der Waals surface area contributed by atoms with Crippen LogP contribution >= 0.6 is 11.3 Å². The van der Waals surface area contributed by atoms with Gasteiger partial charge in [0, 0.05) is 47.5 Å². The number of carbonyl (C=O) groups is 1. The third-order valence-corrected chi connectivity index (χ3v) is 7.35. The van der Waals surface area contributed by atoms with E-state index in [9.17, 15) is 14.3 Å². The van der Waals surface area contributed by atoms with E-state index in [-0.39, 0.29) is 18.4 Å². The molecule has 2 aromatic carbocycles. The van der Waals surface area contributed by atoms with E-state index >= 15 is 0 Å². The highest BCUT2D eigenvalue weighted by atomic mass is 32.1. The lowest BCUT2D eigenvalue weighted by atomic mass is 10.1. The average molecular weight is 567 g/mol. The number of benzene rings is 2. The third-order valence-electron chi connectivity index (χ3n) is 6.44. The molecule has 1 aliphatic heterocycles. The first kappa shape index (κ1) is 27.7. The highest BCUT2D eigenvalue weighted by Crippen LogP contribution is 2.32. The Kier molecular flexibility index (Phi) is 8.99. The molecule has 210 valence electrons. The van der Waals surface area contributed by atoms with Gasteiger partial charge in [-0.05, 0) is 50.1 Å². The van der Waals surface area contributed by atoms with Crippen LogP contribution in [0.25, 0.3) is 10.9 Å². The molecule has 1 unspecified atom stereocenters. The van der Waals surface area contributed by atoms with Crippen LogP contribution < -0.4 is 20.1 Å². The minimum absolute atomic E-state index is 0.104. The zero-order valence-electron chi connectivity index (χ0n) is 22.1. The van der Waals surface area contributed by atoms with Gasteiger partial charge in [-0.25, -0.2) is 19.3 Å². The summed E-state index contributed by atoms with van der Waals surface area (Å²) in [4.78, 5) is 28.7. The van der Waals surface area contributed by atoms with Crippen molar-refractivity contribution in [2.24, 2.45) is 0 Å². The Balaban J connectivity index is 1.19. The van der Waals surface area contributed by atoms with Crippen LogP contribution in [0.5, 0.6) is 11.5 Å². The van der Waals surface area contributed by atoms with Crippen molar-refractivity contribution in [1.29, 1.82) is 0 Å². The van der Waals surface area contributed by atoms with Gasteiger partial charge in [0.15, 0.2) is 16.6 Å². The molecule has 12 heteroatoms. The molecule has 0 radical (unpaired) electrons.